The third kappa shape index (κ3) is 1.91. The van der Waals surface area contributed by atoms with Crippen LogP contribution in [0.15, 0.2) is 11.1 Å². The number of carbonyl (C=O) groups excluding carboxylic acids is 1. The molecule has 13 heavy (non-hydrogen) atoms. The number of ether oxygens (including phenoxy) is 1. The van der Waals surface area contributed by atoms with Crippen LogP contribution in [0.3, 0.4) is 0 Å². The van der Waals surface area contributed by atoms with Gasteiger partial charge in [0, 0.05) is 0 Å². The predicted molar refractivity (Wildman–Crippen MR) is 49.1 cm³/mol. The molecule has 1 atom stereocenters. The van der Waals surface area contributed by atoms with E-state index in [0.717, 1.165) is 5.57 Å². The standard InChI is InChI=1S/C10H16O3/c1-6-5-13-9(12)7(6)8(11)10(2,3)4/h8,11H,5H2,1-4H3/t8-/m0/s1. The highest BCUT2D eigenvalue weighted by molar-refractivity contribution is 5.92. The van der Waals surface area contributed by atoms with E-state index in [9.17, 15) is 9.90 Å². The summed E-state index contributed by atoms with van der Waals surface area (Å²) in [6.45, 7) is 7.81. The number of hydrogen-bond donors (Lipinski definition) is 1. The molecule has 0 spiro atoms. The lowest BCUT2D eigenvalue weighted by atomic mass is 9.83. The minimum atomic E-state index is -0.734. The van der Waals surface area contributed by atoms with Gasteiger partial charge in [0.15, 0.2) is 0 Å². The molecule has 0 fully saturated rings. The predicted octanol–water partition coefficient (Wildman–Crippen LogP) is 1.27. The monoisotopic (exact) mass is 184 g/mol. The SMILES string of the molecule is CC1=C([C@H](O)C(C)(C)C)C(=O)OC1. The van der Waals surface area contributed by atoms with Crippen LogP contribution in [-0.4, -0.2) is 23.8 Å². The normalized spacial score (nSPS) is 20.5. The van der Waals surface area contributed by atoms with Crippen LogP contribution in [0.1, 0.15) is 27.7 Å². The van der Waals surface area contributed by atoms with Crippen LogP contribution in [0.2, 0.25) is 0 Å². The van der Waals surface area contributed by atoms with E-state index in [-0.39, 0.29) is 11.4 Å². The number of cyclic esters (lactones) is 1. The van der Waals surface area contributed by atoms with Crippen LogP contribution in [0.25, 0.3) is 0 Å². The molecule has 0 bridgehead atoms. The van der Waals surface area contributed by atoms with E-state index >= 15 is 0 Å². The lowest BCUT2D eigenvalue weighted by Crippen LogP contribution is -2.30. The van der Waals surface area contributed by atoms with E-state index in [1.807, 2.05) is 27.7 Å². The van der Waals surface area contributed by atoms with E-state index in [4.69, 9.17) is 4.74 Å². The first-order valence-electron chi connectivity index (χ1n) is 4.39. The summed E-state index contributed by atoms with van der Waals surface area (Å²) < 4.78 is 4.82. The van der Waals surface area contributed by atoms with Crippen molar-refractivity contribution in [2.45, 2.75) is 33.8 Å². The smallest absolute Gasteiger partial charge is 0.337 e. The Bertz CT molecular complexity index is 258. The first-order valence-corrected chi connectivity index (χ1v) is 4.39. The molecular formula is C10H16O3. The van der Waals surface area contributed by atoms with Crippen molar-refractivity contribution in [1.82, 2.24) is 0 Å². The third-order valence-corrected chi connectivity index (χ3v) is 2.19. The van der Waals surface area contributed by atoms with Gasteiger partial charge in [0.2, 0.25) is 0 Å². The third-order valence-electron chi connectivity index (χ3n) is 2.19. The fourth-order valence-electron chi connectivity index (χ4n) is 1.28. The maximum atomic E-state index is 11.2. The van der Waals surface area contributed by atoms with Gasteiger partial charge in [0.25, 0.3) is 0 Å². The summed E-state index contributed by atoms with van der Waals surface area (Å²) in [6, 6.07) is 0. The van der Waals surface area contributed by atoms with Gasteiger partial charge >= 0.3 is 5.97 Å². The Morgan fingerprint density at radius 2 is 2.00 bits per heavy atom. The van der Waals surface area contributed by atoms with Gasteiger partial charge in [-0.3, -0.25) is 0 Å². The van der Waals surface area contributed by atoms with Crippen LogP contribution < -0.4 is 0 Å². The van der Waals surface area contributed by atoms with Gasteiger partial charge in [-0.05, 0) is 17.9 Å². The molecule has 0 unspecified atom stereocenters. The molecular weight excluding hydrogens is 168 g/mol. The summed E-state index contributed by atoms with van der Waals surface area (Å²) >= 11 is 0. The maximum absolute atomic E-state index is 11.2. The molecule has 0 aromatic carbocycles. The second-order valence-electron chi connectivity index (χ2n) is 4.54. The maximum Gasteiger partial charge on any atom is 0.337 e. The van der Waals surface area contributed by atoms with E-state index in [1.54, 1.807) is 0 Å². The summed E-state index contributed by atoms with van der Waals surface area (Å²) in [5, 5.41) is 9.87. The molecule has 0 aromatic rings. The summed E-state index contributed by atoms with van der Waals surface area (Å²) in [7, 11) is 0. The molecule has 0 saturated heterocycles. The zero-order chi connectivity index (χ0) is 10.2. The number of aliphatic hydroxyl groups is 1. The van der Waals surface area contributed by atoms with Gasteiger partial charge in [-0.15, -0.1) is 0 Å². The van der Waals surface area contributed by atoms with E-state index in [1.165, 1.54) is 0 Å². The highest BCUT2D eigenvalue weighted by atomic mass is 16.5. The minimum Gasteiger partial charge on any atom is -0.458 e. The Morgan fingerprint density at radius 3 is 2.31 bits per heavy atom. The molecule has 0 aromatic heterocycles. The highest BCUT2D eigenvalue weighted by Gasteiger charge is 2.35. The van der Waals surface area contributed by atoms with Gasteiger partial charge in [-0.1, -0.05) is 20.8 Å². The van der Waals surface area contributed by atoms with E-state index < -0.39 is 6.10 Å². The topological polar surface area (TPSA) is 46.5 Å². The van der Waals surface area contributed by atoms with Gasteiger partial charge in [0.1, 0.15) is 6.61 Å². The van der Waals surface area contributed by atoms with Crippen LogP contribution in [-0.2, 0) is 9.53 Å². The largest absolute Gasteiger partial charge is 0.458 e. The van der Waals surface area contributed by atoms with Crippen LogP contribution in [0.4, 0.5) is 0 Å². The fraction of sp³-hybridized carbons (Fsp3) is 0.700. The van der Waals surface area contributed by atoms with Gasteiger partial charge in [-0.2, -0.15) is 0 Å². The van der Waals surface area contributed by atoms with Crippen molar-refractivity contribution >= 4 is 5.97 Å². The van der Waals surface area contributed by atoms with Gasteiger partial charge in [0.05, 0.1) is 11.7 Å². The molecule has 1 rings (SSSR count). The summed E-state index contributed by atoms with van der Waals surface area (Å²) in [5.74, 6) is -0.375. The first-order chi connectivity index (χ1) is 5.84. The lowest BCUT2D eigenvalue weighted by molar-refractivity contribution is -0.137. The van der Waals surface area contributed by atoms with Crippen LogP contribution in [0.5, 0.6) is 0 Å². The van der Waals surface area contributed by atoms with E-state index in [2.05, 4.69) is 0 Å². The van der Waals surface area contributed by atoms with Gasteiger partial charge in [-0.25, -0.2) is 4.79 Å². The summed E-state index contributed by atoms with van der Waals surface area (Å²) in [4.78, 5) is 11.2. The Kier molecular flexibility index (Phi) is 2.48. The summed E-state index contributed by atoms with van der Waals surface area (Å²) in [5.41, 5.74) is 0.958. The van der Waals surface area contributed by atoms with Crippen molar-refractivity contribution in [3.63, 3.8) is 0 Å². The number of rotatable bonds is 1. The van der Waals surface area contributed by atoms with Crippen molar-refractivity contribution in [3.8, 4) is 0 Å². The van der Waals surface area contributed by atoms with Crippen molar-refractivity contribution in [3.05, 3.63) is 11.1 Å². The summed E-state index contributed by atoms with van der Waals surface area (Å²) in [6.07, 6.45) is -0.734. The minimum absolute atomic E-state index is 0.319. The molecule has 0 amide bonds. The van der Waals surface area contributed by atoms with E-state index in [0.29, 0.717) is 12.2 Å². The second kappa shape index (κ2) is 3.14. The van der Waals surface area contributed by atoms with Gasteiger partial charge < -0.3 is 9.84 Å². The zero-order valence-electron chi connectivity index (χ0n) is 8.55. The van der Waals surface area contributed by atoms with Crippen molar-refractivity contribution < 1.29 is 14.6 Å². The number of hydrogen-bond acceptors (Lipinski definition) is 3. The molecule has 1 N–H and O–H groups in total. The molecule has 0 saturated carbocycles. The van der Waals surface area contributed by atoms with Crippen LogP contribution in [0, 0.1) is 5.41 Å². The molecule has 1 heterocycles. The van der Waals surface area contributed by atoms with Crippen molar-refractivity contribution in [1.29, 1.82) is 0 Å². The lowest BCUT2D eigenvalue weighted by Gasteiger charge is -2.25. The average molecular weight is 184 g/mol. The Morgan fingerprint density at radius 1 is 1.46 bits per heavy atom. The zero-order valence-corrected chi connectivity index (χ0v) is 8.55. The molecule has 0 aliphatic carbocycles. The Balaban J connectivity index is 2.94. The van der Waals surface area contributed by atoms with Crippen LogP contribution >= 0.6 is 0 Å². The second-order valence-corrected chi connectivity index (χ2v) is 4.54. The Hall–Kier alpha value is -0.830. The molecule has 3 heteroatoms. The molecule has 74 valence electrons. The quantitative estimate of drug-likeness (QED) is 0.624. The molecule has 3 nitrogen and oxygen atoms in total. The fourth-order valence-corrected chi connectivity index (χ4v) is 1.28. The Labute approximate surface area is 78.4 Å². The highest BCUT2D eigenvalue weighted by Crippen LogP contribution is 2.30. The van der Waals surface area contributed by atoms with Crippen molar-refractivity contribution in [2.24, 2.45) is 5.41 Å². The molecule has 0 radical (unpaired) electrons. The first kappa shape index (κ1) is 10.3. The number of carbonyl (C=O) groups is 1. The average Bonchev–Trinajstić information content (AvgIpc) is 2.28. The molecule has 1 aliphatic heterocycles. The van der Waals surface area contributed by atoms with Crippen molar-refractivity contribution in [2.75, 3.05) is 6.61 Å². The molecule has 1 aliphatic rings. The number of esters is 1. The number of aliphatic hydroxyl groups excluding tert-OH is 1.